The largest absolute Gasteiger partial charge is 0.497 e. The minimum Gasteiger partial charge on any atom is -0.497 e. The number of nitrogens with zero attached hydrogens (tertiary/aromatic N) is 4. The van der Waals surface area contributed by atoms with Gasteiger partial charge in [0.05, 0.1) is 36.1 Å². The first-order valence-corrected chi connectivity index (χ1v) is 10.9. The molecule has 0 radical (unpaired) electrons. The summed E-state index contributed by atoms with van der Waals surface area (Å²) >= 11 is 3.38. The zero-order valence-corrected chi connectivity index (χ0v) is 19.4. The molecule has 166 valence electrons. The molecule has 1 saturated heterocycles. The molecule has 1 aliphatic rings. The predicted molar refractivity (Wildman–Crippen MR) is 123 cm³/mol. The molecule has 4 rings (SSSR count). The van der Waals surface area contributed by atoms with E-state index in [0.29, 0.717) is 48.8 Å². The predicted octanol–water partition coefficient (Wildman–Crippen LogP) is 3.25. The highest BCUT2D eigenvalue weighted by atomic mass is 79.9. The van der Waals surface area contributed by atoms with Crippen molar-refractivity contribution in [1.82, 2.24) is 19.6 Å². The first kappa shape index (κ1) is 21.9. The Kier molecular flexibility index (Phi) is 6.45. The van der Waals surface area contributed by atoms with E-state index in [4.69, 9.17) is 9.47 Å². The number of benzene rings is 2. The molecule has 9 heteroatoms. The van der Waals surface area contributed by atoms with E-state index >= 15 is 0 Å². The van der Waals surface area contributed by atoms with Crippen molar-refractivity contribution in [3.8, 4) is 17.2 Å². The Morgan fingerprint density at radius 2 is 1.56 bits per heavy atom. The van der Waals surface area contributed by atoms with E-state index in [1.807, 2.05) is 18.3 Å². The van der Waals surface area contributed by atoms with E-state index in [1.54, 1.807) is 58.1 Å². The van der Waals surface area contributed by atoms with Crippen molar-refractivity contribution in [3.05, 3.63) is 70.5 Å². The third kappa shape index (κ3) is 4.47. The summed E-state index contributed by atoms with van der Waals surface area (Å²) in [6.07, 6.45) is 3.56. The Labute approximate surface area is 194 Å². The summed E-state index contributed by atoms with van der Waals surface area (Å²) in [5.74, 6) is 0.927. The Balaban J connectivity index is 1.39. The number of carbonyl (C=O) groups is 2. The van der Waals surface area contributed by atoms with Crippen LogP contribution in [-0.4, -0.2) is 71.8 Å². The van der Waals surface area contributed by atoms with Crippen LogP contribution in [0.4, 0.5) is 0 Å². The molecule has 0 bridgehead atoms. The number of carbonyl (C=O) groups excluding carboxylic acids is 2. The lowest BCUT2D eigenvalue weighted by Gasteiger charge is -2.35. The number of piperazine rings is 1. The van der Waals surface area contributed by atoms with Gasteiger partial charge in [0.1, 0.15) is 11.5 Å². The number of halogens is 1. The molecule has 32 heavy (non-hydrogen) atoms. The summed E-state index contributed by atoms with van der Waals surface area (Å²) in [5.41, 5.74) is 1.96. The molecule has 0 atom stereocenters. The van der Waals surface area contributed by atoms with Crippen molar-refractivity contribution in [2.24, 2.45) is 0 Å². The van der Waals surface area contributed by atoms with Gasteiger partial charge in [-0.3, -0.25) is 9.59 Å². The normalized spacial score (nSPS) is 13.7. The minimum atomic E-state index is -0.119. The highest BCUT2D eigenvalue weighted by molar-refractivity contribution is 9.10. The second-order valence-electron chi connectivity index (χ2n) is 7.30. The van der Waals surface area contributed by atoms with Crippen molar-refractivity contribution in [2.45, 2.75) is 0 Å². The summed E-state index contributed by atoms with van der Waals surface area (Å²) in [7, 11) is 3.09. The van der Waals surface area contributed by atoms with E-state index in [-0.39, 0.29) is 11.8 Å². The molecule has 3 aromatic rings. The second kappa shape index (κ2) is 9.44. The van der Waals surface area contributed by atoms with Crippen LogP contribution >= 0.6 is 15.9 Å². The standard InChI is InChI=1S/C23H23BrN4O4/c1-31-19-7-8-20(21(13-19)32-2)23(30)27-11-9-26(10-12-27)22(29)16-3-5-18(6-4-16)28-15-17(24)14-25-28/h3-8,13-15H,9-12H2,1-2H3. The lowest BCUT2D eigenvalue weighted by Crippen LogP contribution is -2.50. The molecule has 0 spiro atoms. The summed E-state index contributed by atoms with van der Waals surface area (Å²) in [5, 5.41) is 4.24. The molecule has 1 fully saturated rings. The quantitative estimate of drug-likeness (QED) is 0.539. The zero-order chi connectivity index (χ0) is 22.7. The van der Waals surface area contributed by atoms with Crippen LogP contribution in [0, 0.1) is 0 Å². The van der Waals surface area contributed by atoms with Gasteiger partial charge >= 0.3 is 0 Å². The van der Waals surface area contributed by atoms with E-state index in [9.17, 15) is 9.59 Å². The summed E-state index contributed by atoms with van der Waals surface area (Å²) in [6, 6.07) is 12.5. The van der Waals surface area contributed by atoms with Crippen LogP contribution in [0.1, 0.15) is 20.7 Å². The fourth-order valence-electron chi connectivity index (χ4n) is 3.64. The van der Waals surface area contributed by atoms with E-state index < -0.39 is 0 Å². The van der Waals surface area contributed by atoms with Crippen LogP contribution in [0.2, 0.25) is 0 Å². The van der Waals surface area contributed by atoms with Crippen LogP contribution < -0.4 is 9.47 Å². The maximum absolute atomic E-state index is 13.0. The van der Waals surface area contributed by atoms with Crippen molar-refractivity contribution >= 4 is 27.7 Å². The molecule has 0 aliphatic carbocycles. The average Bonchev–Trinajstić information content (AvgIpc) is 3.29. The minimum absolute atomic E-state index is 0.0488. The first-order valence-electron chi connectivity index (χ1n) is 10.1. The number of rotatable bonds is 5. The molecule has 2 heterocycles. The molecule has 1 aliphatic heterocycles. The number of amides is 2. The van der Waals surface area contributed by atoms with E-state index in [1.165, 1.54) is 7.11 Å². The summed E-state index contributed by atoms with van der Waals surface area (Å²) in [4.78, 5) is 29.4. The molecular weight excluding hydrogens is 476 g/mol. The van der Waals surface area contributed by atoms with Crippen molar-refractivity contribution in [3.63, 3.8) is 0 Å². The van der Waals surface area contributed by atoms with Gasteiger partial charge in [-0.05, 0) is 52.3 Å². The van der Waals surface area contributed by atoms with E-state index in [2.05, 4.69) is 21.0 Å². The van der Waals surface area contributed by atoms with Gasteiger partial charge in [-0.1, -0.05) is 0 Å². The Morgan fingerprint density at radius 1 is 0.906 bits per heavy atom. The maximum Gasteiger partial charge on any atom is 0.257 e. The van der Waals surface area contributed by atoms with Gasteiger partial charge in [-0.15, -0.1) is 0 Å². The monoisotopic (exact) mass is 498 g/mol. The Hall–Kier alpha value is -3.33. The molecule has 0 saturated carbocycles. The fraction of sp³-hybridized carbons (Fsp3) is 0.261. The van der Waals surface area contributed by atoms with Gasteiger partial charge < -0.3 is 19.3 Å². The van der Waals surface area contributed by atoms with Gasteiger partial charge in [-0.2, -0.15) is 5.10 Å². The lowest BCUT2D eigenvalue weighted by atomic mass is 10.1. The fourth-order valence-corrected chi connectivity index (χ4v) is 3.93. The van der Waals surface area contributed by atoms with Gasteiger partial charge in [0.2, 0.25) is 0 Å². The maximum atomic E-state index is 13.0. The number of ether oxygens (including phenoxy) is 2. The van der Waals surface area contributed by atoms with Crippen LogP contribution in [0.3, 0.4) is 0 Å². The summed E-state index contributed by atoms with van der Waals surface area (Å²) in [6.45, 7) is 1.85. The van der Waals surface area contributed by atoms with Gasteiger partial charge in [0.15, 0.2) is 0 Å². The number of aromatic nitrogens is 2. The van der Waals surface area contributed by atoms with Gasteiger partial charge in [0.25, 0.3) is 11.8 Å². The van der Waals surface area contributed by atoms with Crippen molar-refractivity contribution in [1.29, 1.82) is 0 Å². The Morgan fingerprint density at radius 3 is 2.12 bits per heavy atom. The third-order valence-corrected chi connectivity index (χ3v) is 5.83. The second-order valence-corrected chi connectivity index (χ2v) is 8.22. The molecule has 0 unspecified atom stereocenters. The van der Waals surface area contributed by atoms with Crippen LogP contribution in [0.15, 0.2) is 59.3 Å². The smallest absolute Gasteiger partial charge is 0.257 e. The lowest BCUT2D eigenvalue weighted by molar-refractivity contribution is 0.0533. The topological polar surface area (TPSA) is 76.9 Å². The van der Waals surface area contributed by atoms with Crippen molar-refractivity contribution in [2.75, 3.05) is 40.4 Å². The Bertz CT molecular complexity index is 1120. The van der Waals surface area contributed by atoms with Gasteiger partial charge in [0, 0.05) is 44.0 Å². The molecular formula is C23H23BrN4O4. The van der Waals surface area contributed by atoms with Crippen molar-refractivity contribution < 1.29 is 19.1 Å². The van der Waals surface area contributed by atoms with Crippen LogP contribution in [-0.2, 0) is 0 Å². The highest BCUT2D eigenvalue weighted by Gasteiger charge is 2.27. The molecule has 8 nitrogen and oxygen atoms in total. The number of hydrogen-bond acceptors (Lipinski definition) is 5. The van der Waals surface area contributed by atoms with E-state index in [0.717, 1.165) is 10.2 Å². The van der Waals surface area contributed by atoms with Crippen LogP contribution in [0.5, 0.6) is 11.5 Å². The first-order chi connectivity index (χ1) is 15.5. The number of methoxy groups -OCH3 is 2. The van der Waals surface area contributed by atoms with Gasteiger partial charge in [-0.25, -0.2) is 4.68 Å². The average molecular weight is 499 g/mol. The summed E-state index contributed by atoms with van der Waals surface area (Å²) < 4.78 is 13.2. The molecule has 2 aromatic carbocycles. The SMILES string of the molecule is COc1ccc(C(=O)N2CCN(C(=O)c3ccc(-n4cc(Br)cn4)cc3)CC2)c(OC)c1. The molecule has 0 N–H and O–H groups in total. The zero-order valence-electron chi connectivity index (χ0n) is 17.8. The highest BCUT2D eigenvalue weighted by Crippen LogP contribution is 2.26. The number of hydrogen-bond donors (Lipinski definition) is 0. The van der Waals surface area contributed by atoms with Crippen LogP contribution in [0.25, 0.3) is 5.69 Å². The molecule has 2 amide bonds. The molecule has 1 aromatic heterocycles. The third-order valence-electron chi connectivity index (χ3n) is 5.42.